The number of benzene rings is 1. The highest BCUT2D eigenvalue weighted by Gasteiger charge is 2.14. The van der Waals surface area contributed by atoms with Crippen LogP contribution < -0.4 is 20.3 Å². The zero-order chi connectivity index (χ0) is 16.2. The minimum atomic E-state index is -0.189. The van der Waals surface area contributed by atoms with Crippen LogP contribution in [0.1, 0.15) is 12.0 Å². The number of amides is 1. The first kappa shape index (κ1) is 15.1. The van der Waals surface area contributed by atoms with E-state index in [0.29, 0.717) is 48.8 Å². The van der Waals surface area contributed by atoms with E-state index in [9.17, 15) is 9.59 Å². The van der Waals surface area contributed by atoms with Crippen LogP contribution in [0.15, 0.2) is 35.6 Å². The van der Waals surface area contributed by atoms with Crippen LogP contribution in [0, 0.1) is 0 Å². The Hall–Kier alpha value is -2.76. The van der Waals surface area contributed by atoms with Gasteiger partial charge < -0.3 is 19.8 Å². The van der Waals surface area contributed by atoms with Gasteiger partial charge in [-0.25, -0.2) is 0 Å². The van der Waals surface area contributed by atoms with Crippen molar-refractivity contribution in [3.05, 3.63) is 46.8 Å². The Kier molecular flexibility index (Phi) is 4.32. The summed E-state index contributed by atoms with van der Waals surface area (Å²) in [7, 11) is 0. The van der Waals surface area contributed by atoms with Crippen LogP contribution >= 0.6 is 0 Å². The Labute approximate surface area is 133 Å². The molecule has 0 fully saturated rings. The molecule has 2 aromatic rings. The van der Waals surface area contributed by atoms with Gasteiger partial charge in [0.05, 0.1) is 5.52 Å². The standard InChI is InChI=1S/C17H18N2O4/c1-2-5-18-16(20)4-3-11-8-12-9-14-15(23-7-6-22-14)10-13(12)19-17(11)21/h2,8-10H,1,3-7H2,(H,18,20)(H,19,21). The number of hydrogen-bond donors (Lipinski definition) is 2. The Morgan fingerprint density at radius 1 is 1.26 bits per heavy atom. The van der Waals surface area contributed by atoms with Crippen LogP contribution in [0.5, 0.6) is 11.5 Å². The lowest BCUT2D eigenvalue weighted by molar-refractivity contribution is -0.120. The van der Waals surface area contributed by atoms with Gasteiger partial charge in [-0.2, -0.15) is 0 Å². The van der Waals surface area contributed by atoms with E-state index in [4.69, 9.17) is 9.47 Å². The summed E-state index contributed by atoms with van der Waals surface area (Å²) in [6, 6.07) is 5.42. The molecule has 1 aromatic heterocycles. The van der Waals surface area contributed by atoms with Crippen molar-refractivity contribution in [2.75, 3.05) is 19.8 Å². The first-order valence-corrected chi connectivity index (χ1v) is 7.50. The van der Waals surface area contributed by atoms with Crippen LogP contribution in [0.4, 0.5) is 0 Å². The molecule has 1 amide bonds. The van der Waals surface area contributed by atoms with E-state index in [1.54, 1.807) is 18.2 Å². The fourth-order valence-electron chi connectivity index (χ4n) is 2.50. The highest BCUT2D eigenvalue weighted by atomic mass is 16.6. The van der Waals surface area contributed by atoms with Gasteiger partial charge in [0.15, 0.2) is 11.5 Å². The van der Waals surface area contributed by atoms with E-state index >= 15 is 0 Å². The molecule has 0 atom stereocenters. The summed E-state index contributed by atoms with van der Waals surface area (Å²) in [5.74, 6) is 1.20. The van der Waals surface area contributed by atoms with Crippen LogP contribution in [0.2, 0.25) is 0 Å². The van der Waals surface area contributed by atoms with Crippen molar-refractivity contribution in [2.45, 2.75) is 12.8 Å². The van der Waals surface area contributed by atoms with E-state index in [0.717, 1.165) is 5.39 Å². The number of aromatic amines is 1. The topological polar surface area (TPSA) is 80.4 Å². The SMILES string of the molecule is C=CCNC(=O)CCc1cc2cc3c(cc2[nH]c1=O)OCCO3. The smallest absolute Gasteiger partial charge is 0.251 e. The monoisotopic (exact) mass is 314 g/mol. The number of pyridine rings is 1. The Morgan fingerprint density at radius 2 is 2.00 bits per heavy atom. The first-order valence-electron chi connectivity index (χ1n) is 7.50. The molecule has 0 spiro atoms. The molecule has 6 heteroatoms. The summed E-state index contributed by atoms with van der Waals surface area (Å²) in [6.45, 7) is 4.98. The van der Waals surface area contributed by atoms with Crippen molar-refractivity contribution >= 4 is 16.8 Å². The van der Waals surface area contributed by atoms with Crippen LogP contribution in [0.25, 0.3) is 10.9 Å². The average Bonchev–Trinajstić information content (AvgIpc) is 2.56. The highest BCUT2D eigenvalue weighted by Crippen LogP contribution is 2.33. The van der Waals surface area contributed by atoms with Gasteiger partial charge in [0, 0.05) is 30.0 Å². The van der Waals surface area contributed by atoms with Gasteiger partial charge in [-0.05, 0) is 18.6 Å². The number of aromatic nitrogens is 1. The molecule has 6 nitrogen and oxygen atoms in total. The molecular formula is C17H18N2O4. The van der Waals surface area contributed by atoms with Gasteiger partial charge in [0.25, 0.3) is 5.56 Å². The summed E-state index contributed by atoms with van der Waals surface area (Å²) in [6.07, 6.45) is 2.25. The van der Waals surface area contributed by atoms with E-state index < -0.39 is 0 Å². The largest absolute Gasteiger partial charge is 0.486 e. The number of H-pyrrole nitrogens is 1. The zero-order valence-electron chi connectivity index (χ0n) is 12.7. The third kappa shape index (κ3) is 3.36. The molecule has 3 rings (SSSR count). The maximum absolute atomic E-state index is 12.2. The van der Waals surface area contributed by atoms with Gasteiger partial charge in [0.2, 0.25) is 5.91 Å². The molecule has 1 aromatic carbocycles. The molecule has 1 aliphatic rings. The lowest BCUT2D eigenvalue weighted by Gasteiger charge is -2.18. The second-order valence-corrected chi connectivity index (χ2v) is 5.30. The van der Waals surface area contributed by atoms with Crippen molar-refractivity contribution in [1.82, 2.24) is 10.3 Å². The summed E-state index contributed by atoms with van der Waals surface area (Å²) < 4.78 is 11.1. The number of hydrogen-bond acceptors (Lipinski definition) is 4. The number of rotatable bonds is 5. The number of nitrogens with one attached hydrogen (secondary N) is 2. The maximum atomic E-state index is 12.2. The number of ether oxygens (including phenoxy) is 2. The normalized spacial score (nSPS) is 12.9. The van der Waals surface area contributed by atoms with Crippen LogP contribution in [-0.2, 0) is 11.2 Å². The molecule has 2 N–H and O–H groups in total. The quantitative estimate of drug-likeness (QED) is 0.820. The number of carbonyl (C=O) groups is 1. The number of fused-ring (bicyclic) bond motifs is 2. The second kappa shape index (κ2) is 6.56. The summed E-state index contributed by atoms with van der Waals surface area (Å²) in [5, 5.41) is 3.55. The van der Waals surface area contributed by atoms with E-state index in [1.165, 1.54) is 0 Å². The van der Waals surface area contributed by atoms with Crippen LogP contribution in [-0.4, -0.2) is 30.6 Å². The predicted octanol–water partition coefficient (Wildman–Crippen LogP) is 1.53. The lowest BCUT2D eigenvalue weighted by atomic mass is 10.1. The van der Waals surface area contributed by atoms with E-state index in [2.05, 4.69) is 16.9 Å². The Bertz CT molecular complexity index is 810. The third-order valence-electron chi connectivity index (χ3n) is 3.65. The molecule has 120 valence electrons. The molecule has 1 aliphatic heterocycles. The van der Waals surface area contributed by atoms with Crippen molar-refractivity contribution in [2.24, 2.45) is 0 Å². The third-order valence-corrected chi connectivity index (χ3v) is 3.65. The van der Waals surface area contributed by atoms with E-state index in [-0.39, 0.29) is 17.9 Å². The minimum absolute atomic E-state index is 0.105. The molecule has 0 bridgehead atoms. The lowest BCUT2D eigenvalue weighted by Crippen LogP contribution is -2.24. The molecule has 2 heterocycles. The van der Waals surface area contributed by atoms with Gasteiger partial charge in [-0.15, -0.1) is 6.58 Å². The first-order chi connectivity index (χ1) is 11.2. The fraction of sp³-hybridized carbons (Fsp3) is 0.294. The highest BCUT2D eigenvalue weighted by molar-refractivity contribution is 5.83. The van der Waals surface area contributed by atoms with Crippen molar-refractivity contribution in [3.8, 4) is 11.5 Å². The van der Waals surface area contributed by atoms with E-state index in [1.807, 2.05) is 6.07 Å². The molecule has 23 heavy (non-hydrogen) atoms. The van der Waals surface area contributed by atoms with Gasteiger partial charge in [0.1, 0.15) is 13.2 Å². The van der Waals surface area contributed by atoms with Crippen molar-refractivity contribution < 1.29 is 14.3 Å². The minimum Gasteiger partial charge on any atom is -0.486 e. The molecule has 0 saturated carbocycles. The molecule has 0 saturated heterocycles. The summed E-state index contributed by atoms with van der Waals surface area (Å²) in [5.41, 5.74) is 1.08. The maximum Gasteiger partial charge on any atom is 0.251 e. The Morgan fingerprint density at radius 3 is 2.74 bits per heavy atom. The van der Waals surface area contributed by atoms with Crippen molar-refractivity contribution in [3.63, 3.8) is 0 Å². The second-order valence-electron chi connectivity index (χ2n) is 5.30. The van der Waals surface area contributed by atoms with Crippen molar-refractivity contribution in [1.29, 1.82) is 0 Å². The summed E-state index contributed by atoms with van der Waals surface area (Å²) in [4.78, 5) is 26.6. The molecule has 0 unspecified atom stereocenters. The van der Waals surface area contributed by atoms with Gasteiger partial charge in [-0.3, -0.25) is 9.59 Å². The molecule has 0 radical (unpaired) electrons. The number of aryl methyl sites for hydroxylation is 1. The number of carbonyl (C=O) groups excluding carboxylic acids is 1. The Balaban J connectivity index is 1.84. The van der Waals surface area contributed by atoms with Gasteiger partial charge >= 0.3 is 0 Å². The zero-order valence-corrected chi connectivity index (χ0v) is 12.7. The average molecular weight is 314 g/mol. The molecular weight excluding hydrogens is 296 g/mol. The summed E-state index contributed by atoms with van der Waals surface area (Å²) >= 11 is 0. The van der Waals surface area contributed by atoms with Crippen LogP contribution in [0.3, 0.4) is 0 Å². The predicted molar refractivity (Wildman–Crippen MR) is 87.1 cm³/mol. The fourth-order valence-corrected chi connectivity index (χ4v) is 2.50. The van der Waals surface area contributed by atoms with Gasteiger partial charge in [-0.1, -0.05) is 6.08 Å². The molecule has 0 aliphatic carbocycles.